The molecule has 0 aromatic heterocycles. The lowest BCUT2D eigenvalue weighted by Crippen LogP contribution is -2.41. The molecule has 8 nitrogen and oxygen atoms in total. The number of nitrogens with zero attached hydrogens (tertiary/aromatic N) is 3. The third-order valence-corrected chi connectivity index (χ3v) is 4.01. The van der Waals surface area contributed by atoms with Crippen LogP contribution >= 0.6 is 0 Å². The summed E-state index contributed by atoms with van der Waals surface area (Å²) in [6.07, 6.45) is 0.565. The van der Waals surface area contributed by atoms with Crippen LogP contribution < -0.4 is 9.64 Å². The van der Waals surface area contributed by atoms with E-state index in [9.17, 15) is 9.59 Å². The van der Waals surface area contributed by atoms with Crippen molar-refractivity contribution in [3.8, 4) is 11.8 Å². The highest BCUT2D eigenvalue weighted by atomic mass is 16.7. The van der Waals surface area contributed by atoms with E-state index < -0.39 is 24.6 Å². The summed E-state index contributed by atoms with van der Waals surface area (Å²) in [6.45, 7) is 1.24. The number of amides is 1. The second kappa shape index (κ2) is 11.9. The molecule has 0 saturated heterocycles. The van der Waals surface area contributed by atoms with Crippen LogP contribution in [0.1, 0.15) is 18.9 Å². The van der Waals surface area contributed by atoms with Crippen molar-refractivity contribution in [1.29, 1.82) is 5.26 Å². The van der Waals surface area contributed by atoms with Crippen LogP contribution in [0.25, 0.3) is 0 Å². The molecule has 0 N–H and O–H groups in total. The standard InChI is InChI=1S/C22H23N3O5/c1-17(22(27)25(14-6-13-23)19-7-4-3-5-8-19)30-21(26)16-29-24-15-18-9-11-20(28-2)12-10-18/h3-5,7-12,15,17H,6,14,16H2,1-2H3/b24-15+. The van der Waals surface area contributed by atoms with E-state index in [2.05, 4.69) is 5.16 Å². The summed E-state index contributed by atoms with van der Waals surface area (Å²) in [4.78, 5) is 31.0. The minimum absolute atomic E-state index is 0.157. The van der Waals surface area contributed by atoms with Crippen LogP contribution in [0.4, 0.5) is 5.69 Å². The van der Waals surface area contributed by atoms with Crippen molar-refractivity contribution in [2.75, 3.05) is 25.2 Å². The second-order valence-corrected chi connectivity index (χ2v) is 6.15. The van der Waals surface area contributed by atoms with E-state index in [-0.39, 0.29) is 13.0 Å². The summed E-state index contributed by atoms with van der Waals surface area (Å²) >= 11 is 0. The maximum absolute atomic E-state index is 12.7. The number of rotatable bonds is 10. The number of carbonyl (C=O) groups excluding carboxylic acids is 2. The number of para-hydroxylation sites is 1. The molecule has 2 aromatic rings. The van der Waals surface area contributed by atoms with Crippen LogP contribution in [0.15, 0.2) is 59.8 Å². The molecule has 0 radical (unpaired) electrons. The van der Waals surface area contributed by atoms with Gasteiger partial charge in [0.25, 0.3) is 5.91 Å². The summed E-state index contributed by atoms with van der Waals surface area (Å²) in [5, 5.41) is 12.6. The number of ether oxygens (including phenoxy) is 2. The zero-order valence-electron chi connectivity index (χ0n) is 16.9. The summed E-state index contributed by atoms with van der Waals surface area (Å²) in [6, 6.07) is 18.0. The summed E-state index contributed by atoms with van der Waals surface area (Å²) < 4.78 is 10.2. The predicted molar refractivity (Wildman–Crippen MR) is 111 cm³/mol. The maximum atomic E-state index is 12.7. The van der Waals surface area contributed by atoms with Gasteiger partial charge in [0.2, 0.25) is 6.61 Å². The summed E-state index contributed by atoms with van der Waals surface area (Å²) in [7, 11) is 1.58. The number of hydrogen-bond acceptors (Lipinski definition) is 7. The van der Waals surface area contributed by atoms with Crippen molar-refractivity contribution in [3.63, 3.8) is 0 Å². The van der Waals surface area contributed by atoms with Gasteiger partial charge in [0.05, 0.1) is 25.8 Å². The van der Waals surface area contributed by atoms with Crippen molar-refractivity contribution in [3.05, 3.63) is 60.2 Å². The molecule has 0 aliphatic carbocycles. The number of nitriles is 1. The fourth-order valence-electron chi connectivity index (χ4n) is 2.52. The highest BCUT2D eigenvalue weighted by Gasteiger charge is 2.25. The van der Waals surface area contributed by atoms with Gasteiger partial charge in [-0.05, 0) is 48.9 Å². The molecule has 0 saturated carbocycles. The third-order valence-electron chi connectivity index (χ3n) is 4.01. The first-order chi connectivity index (χ1) is 14.5. The number of carbonyl (C=O) groups is 2. The number of hydrogen-bond donors (Lipinski definition) is 0. The van der Waals surface area contributed by atoms with Gasteiger partial charge < -0.3 is 19.2 Å². The van der Waals surface area contributed by atoms with E-state index in [4.69, 9.17) is 19.6 Å². The van der Waals surface area contributed by atoms with E-state index in [0.717, 1.165) is 11.3 Å². The number of oxime groups is 1. The van der Waals surface area contributed by atoms with Crippen molar-refractivity contribution < 1.29 is 23.9 Å². The molecule has 1 unspecified atom stereocenters. The zero-order valence-corrected chi connectivity index (χ0v) is 16.9. The van der Waals surface area contributed by atoms with Gasteiger partial charge in [-0.25, -0.2) is 4.79 Å². The second-order valence-electron chi connectivity index (χ2n) is 6.15. The van der Waals surface area contributed by atoms with Gasteiger partial charge in [-0.1, -0.05) is 23.4 Å². The van der Waals surface area contributed by atoms with E-state index in [0.29, 0.717) is 5.69 Å². The molecule has 2 rings (SSSR count). The zero-order chi connectivity index (χ0) is 21.8. The van der Waals surface area contributed by atoms with Gasteiger partial charge in [-0.2, -0.15) is 5.26 Å². The SMILES string of the molecule is COc1ccc(/C=N/OCC(=O)OC(C)C(=O)N(CCC#N)c2ccccc2)cc1. The fourth-order valence-corrected chi connectivity index (χ4v) is 2.52. The molecule has 0 bridgehead atoms. The Hall–Kier alpha value is -3.86. The average molecular weight is 409 g/mol. The quantitative estimate of drug-likeness (QED) is 0.340. The van der Waals surface area contributed by atoms with Gasteiger partial charge in [0.15, 0.2) is 6.10 Å². The monoisotopic (exact) mass is 409 g/mol. The van der Waals surface area contributed by atoms with Crippen molar-refractivity contribution in [2.45, 2.75) is 19.4 Å². The highest BCUT2D eigenvalue weighted by molar-refractivity contribution is 5.97. The molecule has 0 fully saturated rings. The first-order valence-corrected chi connectivity index (χ1v) is 9.27. The van der Waals surface area contributed by atoms with Crippen molar-refractivity contribution in [2.24, 2.45) is 5.16 Å². The topological polar surface area (TPSA) is 101 Å². The Kier molecular flexibility index (Phi) is 8.87. The van der Waals surface area contributed by atoms with Crippen LogP contribution in [0, 0.1) is 11.3 Å². The fraction of sp³-hybridized carbons (Fsp3) is 0.273. The molecule has 2 aromatic carbocycles. The van der Waals surface area contributed by atoms with Crippen LogP contribution in [0.5, 0.6) is 5.75 Å². The Morgan fingerprint density at radius 3 is 2.50 bits per heavy atom. The minimum Gasteiger partial charge on any atom is -0.497 e. The van der Waals surface area contributed by atoms with Crippen LogP contribution in [-0.2, 0) is 19.2 Å². The normalized spacial score (nSPS) is 11.4. The molecule has 0 aliphatic heterocycles. The predicted octanol–water partition coefficient (Wildman–Crippen LogP) is 2.92. The number of methoxy groups -OCH3 is 1. The van der Waals surface area contributed by atoms with Gasteiger partial charge >= 0.3 is 5.97 Å². The van der Waals surface area contributed by atoms with Gasteiger partial charge in [0, 0.05) is 12.2 Å². The molecule has 30 heavy (non-hydrogen) atoms. The Morgan fingerprint density at radius 2 is 1.87 bits per heavy atom. The first kappa shape index (κ1) is 22.4. The third kappa shape index (κ3) is 6.95. The Labute approximate surface area is 175 Å². The number of anilines is 1. The van der Waals surface area contributed by atoms with Crippen molar-refractivity contribution in [1.82, 2.24) is 0 Å². The summed E-state index contributed by atoms with van der Waals surface area (Å²) in [5.74, 6) is -0.433. The van der Waals surface area contributed by atoms with E-state index in [1.807, 2.05) is 12.1 Å². The lowest BCUT2D eigenvalue weighted by molar-refractivity contribution is -0.158. The first-order valence-electron chi connectivity index (χ1n) is 9.27. The summed E-state index contributed by atoms with van der Waals surface area (Å²) in [5.41, 5.74) is 1.39. The lowest BCUT2D eigenvalue weighted by Gasteiger charge is -2.24. The molecular formula is C22H23N3O5. The van der Waals surface area contributed by atoms with Crippen molar-refractivity contribution >= 4 is 23.8 Å². The smallest absolute Gasteiger partial charge is 0.347 e. The molecule has 156 valence electrons. The largest absolute Gasteiger partial charge is 0.497 e. The number of esters is 1. The average Bonchev–Trinajstić information content (AvgIpc) is 2.78. The molecule has 1 amide bonds. The lowest BCUT2D eigenvalue weighted by atomic mass is 10.2. The molecular weight excluding hydrogens is 386 g/mol. The van der Waals surface area contributed by atoms with Gasteiger partial charge in [0.1, 0.15) is 5.75 Å². The minimum atomic E-state index is -1.04. The van der Waals surface area contributed by atoms with Crippen LogP contribution in [0.3, 0.4) is 0 Å². The molecule has 0 spiro atoms. The van der Waals surface area contributed by atoms with Gasteiger partial charge in [-0.15, -0.1) is 0 Å². The van der Waals surface area contributed by atoms with E-state index in [1.165, 1.54) is 18.0 Å². The van der Waals surface area contributed by atoms with Crippen LogP contribution in [0.2, 0.25) is 0 Å². The molecule has 8 heteroatoms. The molecule has 0 aliphatic rings. The van der Waals surface area contributed by atoms with Gasteiger partial charge in [-0.3, -0.25) is 4.79 Å². The van der Waals surface area contributed by atoms with Crippen LogP contribution in [-0.4, -0.2) is 44.5 Å². The highest BCUT2D eigenvalue weighted by Crippen LogP contribution is 2.16. The molecule has 0 heterocycles. The Balaban J connectivity index is 1.86. The van der Waals surface area contributed by atoms with E-state index in [1.54, 1.807) is 55.6 Å². The Bertz CT molecular complexity index is 891. The maximum Gasteiger partial charge on any atom is 0.347 e. The number of benzene rings is 2. The Morgan fingerprint density at radius 1 is 1.17 bits per heavy atom. The molecule has 1 atom stereocenters. The van der Waals surface area contributed by atoms with E-state index >= 15 is 0 Å².